The van der Waals surface area contributed by atoms with Crippen molar-refractivity contribution in [3.05, 3.63) is 32.4 Å². The van der Waals surface area contributed by atoms with Crippen molar-refractivity contribution in [1.82, 2.24) is 19.7 Å². The molecule has 0 aromatic carbocycles. The lowest BCUT2D eigenvalue weighted by molar-refractivity contribution is 0.591. The number of rotatable bonds is 4. The van der Waals surface area contributed by atoms with Gasteiger partial charge in [-0.15, -0.1) is 0 Å². The van der Waals surface area contributed by atoms with Crippen LogP contribution in [0.5, 0.6) is 0 Å². The summed E-state index contributed by atoms with van der Waals surface area (Å²) in [6.45, 7) is 2.93. The molecule has 3 rings (SSSR count). The summed E-state index contributed by atoms with van der Waals surface area (Å²) < 4.78 is 2.31. The minimum Gasteiger partial charge on any atom is -0.312 e. The van der Waals surface area contributed by atoms with E-state index >= 15 is 0 Å². The predicted molar refractivity (Wildman–Crippen MR) is 80.4 cm³/mol. The predicted octanol–water partition coefficient (Wildman–Crippen LogP) is 2.58. The Bertz CT molecular complexity index is 740. The number of H-pyrrole nitrogens is 2. The number of nitrogens with one attached hydrogen (secondary N) is 2. The Morgan fingerprint density at radius 2 is 2.25 bits per heavy atom. The maximum atomic E-state index is 12.7. The van der Waals surface area contributed by atoms with Crippen LogP contribution in [0, 0.1) is 4.77 Å². The van der Waals surface area contributed by atoms with Crippen LogP contribution in [-0.2, 0) is 19.4 Å². The molecule has 0 spiro atoms. The van der Waals surface area contributed by atoms with Crippen LogP contribution in [-0.4, -0.2) is 19.7 Å². The molecule has 0 amide bonds. The van der Waals surface area contributed by atoms with Crippen molar-refractivity contribution < 1.29 is 0 Å². The van der Waals surface area contributed by atoms with Gasteiger partial charge in [-0.05, 0) is 49.5 Å². The van der Waals surface area contributed by atoms with Gasteiger partial charge >= 0.3 is 0 Å². The normalized spacial score (nSPS) is 13.7. The fourth-order valence-electron chi connectivity index (χ4n) is 2.84. The third kappa shape index (κ3) is 2.24. The number of aryl methyl sites for hydroxylation is 1. The van der Waals surface area contributed by atoms with Gasteiger partial charge in [-0.25, -0.2) is 0 Å². The molecule has 0 radical (unpaired) electrons. The second-order valence-corrected chi connectivity index (χ2v) is 5.60. The lowest BCUT2D eigenvalue weighted by atomic mass is 10.1. The van der Waals surface area contributed by atoms with Crippen molar-refractivity contribution >= 4 is 12.2 Å². The molecule has 0 atom stereocenters. The second-order valence-electron chi connectivity index (χ2n) is 5.21. The number of pyridine rings is 1. The Morgan fingerprint density at radius 3 is 2.95 bits per heavy atom. The number of aromatic nitrogens is 4. The summed E-state index contributed by atoms with van der Waals surface area (Å²) in [6.07, 6.45) is 5.27. The van der Waals surface area contributed by atoms with Gasteiger partial charge in [-0.2, -0.15) is 4.98 Å². The summed E-state index contributed by atoms with van der Waals surface area (Å²) in [5, 5.41) is 5.64. The van der Waals surface area contributed by atoms with Crippen molar-refractivity contribution in [3.63, 3.8) is 0 Å². The van der Waals surface area contributed by atoms with Crippen LogP contribution in [0.2, 0.25) is 0 Å². The molecular weight excluding hydrogens is 272 g/mol. The van der Waals surface area contributed by atoms with Crippen molar-refractivity contribution in [3.8, 4) is 11.4 Å². The first kappa shape index (κ1) is 13.3. The number of unbranched alkanes of at least 4 members (excludes halogenated alkanes) is 1. The van der Waals surface area contributed by atoms with E-state index in [1.807, 2.05) is 10.6 Å². The zero-order valence-electron chi connectivity index (χ0n) is 11.5. The van der Waals surface area contributed by atoms with Gasteiger partial charge in [-0.1, -0.05) is 13.3 Å². The molecule has 5 nitrogen and oxygen atoms in total. The topological polar surface area (TPSA) is 66.5 Å². The lowest BCUT2D eigenvalue weighted by Crippen LogP contribution is -2.25. The largest absolute Gasteiger partial charge is 0.312 e. The molecule has 0 fully saturated rings. The molecule has 0 saturated heterocycles. The molecule has 2 aromatic heterocycles. The Labute approximate surface area is 122 Å². The van der Waals surface area contributed by atoms with Crippen molar-refractivity contribution in [2.24, 2.45) is 0 Å². The first-order chi connectivity index (χ1) is 9.70. The lowest BCUT2D eigenvalue weighted by Gasteiger charge is -2.13. The molecule has 2 N–H and O–H groups in total. The quantitative estimate of drug-likeness (QED) is 0.851. The zero-order valence-corrected chi connectivity index (χ0v) is 12.3. The van der Waals surface area contributed by atoms with E-state index < -0.39 is 0 Å². The number of aromatic amines is 2. The Morgan fingerprint density at radius 1 is 1.40 bits per heavy atom. The first-order valence-corrected chi connectivity index (χ1v) is 7.52. The van der Waals surface area contributed by atoms with E-state index in [9.17, 15) is 4.79 Å². The maximum Gasteiger partial charge on any atom is 0.261 e. The first-order valence-electron chi connectivity index (χ1n) is 7.11. The molecule has 0 aliphatic heterocycles. The standard InChI is InChI=1S/C14H18N4OS/c1-2-3-7-18-11-6-4-5-9(11)8-10(13(18)19)12-15-14(20)17-16-12/h8H,2-7H2,1H3,(H2,15,16,17,20). The van der Waals surface area contributed by atoms with E-state index in [-0.39, 0.29) is 5.56 Å². The van der Waals surface area contributed by atoms with Gasteiger partial charge in [0.15, 0.2) is 5.82 Å². The number of nitrogens with zero attached hydrogens (tertiary/aromatic N) is 2. The maximum absolute atomic E-state index is 12.7. The molecule has 0 unspecified atom stereocenters. The zero-order chi connectivity index (χ0) is 14.1. The molecule has 2 heterocycles. The molecule has 106 valence electrons. The van der Waals surface area contributed by atoms with Crippen LogP contribution >= 0.6 is 12.2 Å². The van der Waals surface area contributed by atoms with Crippen LogP contribution in [0.1, 0.15) is 37.4 Å². The van der Waals surface area contributed by atoms with Crippen molar-refractivity contribution in [1.29, 1.82) is 0 Å². The van der Waals surface area contributed by atoms with Crippen LogP contribution in [0.25, 0.3) is 11.4 Å². The van der Waals surface area contributed by atoms with E-state index in [1.165, 1.54) is 11.3 Å². The summed E-state index contributed by atoms with van der Waals surface area (Å²) in [6, 6.07) is 1.98. The van der Waals surface area contributed by atoms with Gasteiger partial charge in [0.25, 0.3) is 5.56 Å². The summed E-state index contributed by atoms with van der Waals surface area (Å²) >= 11 is 4.97. The Balaban J connectivity index is 2.16. The van der Waals surface area contributed by atoms with Crippen molar-refractivity contribution in [2.75, 3.05) is 0 Å². The van der Waals surface area contributed by atoms with E-state index in [0.29, 0.717) is 16.2 Å². The summed E-state index contributed by atoms with van der Waals surface area (Å²) in [5.41, 5.74) is 3.14. The minimum atomic E-state index is 0.0388. The second kappa shape index (κ2) is 5.36. The minimum absolute atomic E-state index is 0.0388. The average molecular weight is 290 g/mol. The van der Waals surface area contributed by atoms with Gasteiger partial charge in [-0.3, -0.25) is 15.0 Å². The third-order valence-corrected chi connectivity index (χ3v) is 4.04. The summed E-state index contributed by atoms with van der Waals surface area (Å²) in [5.74, 6) is 0.542. The van der Waals surface area contributed by atoms with Gasteiger partial charge in [0, 0.05) is 12.2 Å². The SMILES string of the molecule is CCCCn1c2c(cc(-c3nc(=S)[nH][nH]3)c1=O)CCC2. The van der Waals surface area contributed by atoms with E-state index in [4.69, 9.17) is 12.2 Å². The average Bonchev–Trinajstić information content (AvgIpc) is 3.05. The summed E-state index contributed by atoms with van der Waals surface area (Å²) in [7, 11) is 0. The number of hydrogen-bond donors (Lipinski definition) is 2. The van der Waals surface area contributed by atoms with Crippen molar-refractivity contribution in [2.45, 2.75) is 45.6 Å². The highest BCUT2D eigenvalue weighted by Gasteiger charge is 2.20. The molecule has 0 bridgehead atoms. The third-order valence-electron chi connectivity index (χ3n) is 3.84. The molecule has 6 heteroatoms. The van der Waals surface area contributed by atoms with Crippen LogP contribution in [0.3, 0.4) is 0 Å². The molecular formula is C14H18N4OS. The summed E-state index contributed by atoms with van der Waals surface area (Å²) in [4.78, 5) is 16.9. The van der Waals surface area contributed by atoms with Crippen LogP contribution in [0.4, 0.5) is 0 Å². The molecule has 20 heavy (non-hydrogen) atoms. The van der Waals surface area contributed by atoms with Gasteiger partial charge < -0.3 is 4.57 Å². The smallest absolute Gasteiger partial charge is 0.261 e. The molecule has 2 aromatic rings. The highest BCUT2D eigenvalue weighted by atomic mass is 32.1. The van der Waals surface area contributed by atoms with E-state index in [1.54, 1.807) is 0 Å². The number of fused-ring (bicyclic) bond motifs is 1. The molecule has 0 saturated carbocycles. The fourth-order valence-corrected chi connectivity index (χ4v) is 2.98. The van der Waals surface area contributed by atoms with Crippen LogP contribution in [0.15, 0.2) is 10.9 Å². The van der Waals surface area contributed by atoms with Gasteiger partial charge in [0.2, 0.25) is 4.77 Å². The van der Waals surface area contributed by atoms with Gasteiger partial charge in [0.05, 0.1) is 5.56 Å². The van der Waals surface area contributed by atoms with Gasteiger partial charge in [0.1, 0.15) is 0 Å². The highest BCUT2D eigenvalue weighted by molar-refractivity contribution is 7.71. The highest BCUT2D eigenvalue weighted by Crippen LogP contribution is 2.24. The number of hydrogen-bond acceptors (Lipinski definition) is 3. The molecule has 1 aliphatic rings. The fraction of sp³-hybridized carbons (Fsp3) is 0.500. The Kier molecular flexibility index (Phi) is 3.56. The van der Waals surface area contributed by atoms with Crippen LogP contribution < -0.4 is 5.56 Å². The monoisotopic (exact) mass is 290 g/mol. The van der Waals surface area contributed by atoms with E-state index in [2.05, 4.69) is 22.1 Å². The van der Waals surface area contributed by atoms with E-state index in [0.717, 1.165) is 38.6 Å². The molecule has 1 aliphatic carbocycles. The Hall–Kier alpha value is -1.69.